The number of hydrogen-bond acceptors (Lipinski definition) is 3. The number of aliphatic carboxylic acids is 1. The maximum absolute atomic E-state index is 10.5. The minimum atomic E-state index is -0.682. The highest BCUT2D eigenvalue weighted by Gasteiger charge is 2.11. The van der Waals surface area contributed by atoms with E-state index in [-0.39, 0.29) is 12.2 Å². The van der Waals surface area contributed by atoms with Crippen molar-refractivity contribution >= 4 is 5.97 Å². The molecule has 0 aliphatic heterocycles. The molecular formula is C25H42O4. The lowest BCUT2D eigenvalue weighted by Gasteiger charge is -2.19. The SMILES string of the molecule is CCC(O)CCCC(CCCCCCCCCCC(=O)O)OCc1ccccc1. The van der Waals surface area contributed by atoms with Gasteiger partial charge in [-0.2, -0.15) is 0 Å². The summed E-state index contributed by atoms with van der Waals surface area (Å²) in [5, 5.41) is 18.4. The Hall–Kier alpha value is -1.39. The van der Waals surface area contributed by atoms with Gasteiger partial charge in [-0.05, 0) is 44.1 Å². The Morgan fingerprint density at radius 3 is 2.07 bits per heavy atom. The maximum atomic E-state index is 10.5. The predicted octanol–water partition coefficient (Wildman–Crippen LogP) is 6.50. The molecule has 166 valence electrons. The summed E-state index contributed by atoms with van der Waals surface area (Å²) in [6, 6.07) is 10.3. The molecular weight excluding hydrogens is 364 g/mol. The molecule has 29 heavy (non-hydrogen) atoms. The van der Waals surface area contributed by atoms with Gasteiger partial charge in [0.25, 0.3) is 0 Å². The molecule has 0 fully saturated rings. The molecule has 2 atom stereocenters. The summed E-state index contributed by atoms with van der Waals surface area (Å²) in [5.74, 6) is -0.682. The van der Waals surface area contributed by atoms with E-state index in [0.717, 1.165) is 51.4 Å². The van der Waals surface area contributed by atoms with E-state index in [1.54, 1.807) is 0 Å². The van der Waals surface area contributed by atoms with E-state index in [1.165, 1.54) is 37.7 Å². The van der Waals surface area contributed by atoms with E-state index in [9.17, 15) is 9.90 Å². The topological polar surface area (TPSA) is 66.8 Å². The van der Waals surface area contributed by atoms with Crippen molar-refractivity contribution in [3.63, 3.8) is 0 Å². The number of carbonyl (C=O) groups is 1. The quantitative estimate of drug-likeness (QED) is 0.257. The fourth-order valence-electron chi connectivity index (χ4n) is 3.59. The van der Waals surface area contributed by atoms with Crippen LogP contribution in [0.25, 0.3) is 0 Å². The second kappa shape index (κ2) is 17.5. The Morgan fingerprint density at radius 1 is 0.862 bits per heavy atom. The molecule has 1 aromatic carbocycles. The smallest absolute Gasteiger partial charge is 0.303 e. The van der Waals surface area contributed by atoms with Gasteiger partial charge in [-0.3, -0.25) is 4.79 Å². The monoisotopic (exact) mass is 406 g/mol. The lowest BCUT2D eigenvalue weighted by molar-refractivity contribution is -0.137. The summed E-state index contributed by atoms with van der Waals surface area (Å²) in [6.45, 7) is 2.69. The first kappa shape index (κ1) is 25.6. The van der Waals surface area contributed by atoms with E-state index in [4.69, 9.17) is 9.84 Å². The molecule has 0 saturated heterocycles. The van der Waals surface area contributed by atoms with Crippen LogP contribution in [-0.2, 0) is 16.1 Å². The molecule has 2 unspecified atom stereocenters. The summed E-state index contributed by atoms with van der Waals surface area (Å²) >= 11 is 0. The van der Waals surface area contributed by atoms with Crippen LogP contribution in [0.1, 0.15) is 102 Å². The second-order valence-corrected chi connectivity index (χ2v) is 8.17. The zero-order valence-corrected chi connectivity index (χ0v) is 18.4. The van der Waals surface area contributed by atoms with Crippen molar-refractivity contribution in [2.24, 2.45) is 0 Å². The first-order valence-corrected chi connectivity index (χ1v) is 11.7. The molecule has 0 aromatic heterocycles. The number of ether oxygens (including phenoxy) is 1. The lowest BCUT2D eigenvalue weighted by atomic mass is 10.0. The van der Waals surface area contributed by atoms with Crippen LogP contribution in [0.15, 0.2) is 30.3 Å². The summed E-state index contributed by atoms with van der Waals surface area (Å²) in [4.78, 5) is 10.5. The third kappa shape index (κ3) is 15.2. The van der Waals surface area contributed by atoms with Gasteiger partial charge in [0.2, 0.25) is 0 Å². The number of unbranched alkanes of at least 4 members (excludes halogenated alkanes) is 7. The summed E-state index contributed by atoms with van der Waals surface area (Å²) in [7, 11) is 0. The van der Waals surface area contributed by atoms with Gasteiger partial charge in [-0.1, -0.05) is 82.2 Å². The van der Waals surface area contributed by atoms with Crippen molar-refractivity contribution in [1.82, 2.24) is 0 Å². The first-order chi connectivity index (χ1) is 14.1. The Kier molecular flexibility index (Phi) is 15.4. The van der Waals surface area contributed by atoms with Crippen LogP contribution >= 0.6 is 0 Å². The van der Waals surface area contributed by atoms with Gasteiger partial charge in [0.15, 0.2) is 0 Å². The molecule has 1 rings (SSSR count). The molecule has 2 N–H and O–H groups in total. The number of rotatable bonds is 19. The van der Waals surface area contributed by atoms with Crippen molar-refractivity contribution in [1.29, 1.82) is 0 Å². The van der Waals surface area contributed by atoms with E-state index >= 15 is 0 Å². The van der Waals surface area contributed by atoms with Crippen LogP contribution in [0.3, 0.4) is 0 Å². The maximum Gasteiger partial charge on any atom is 0.303 e. The number of aliphatic hydroxyl groups is 1. The van der Waals surface area contributed by atoms with Gasteiger partial charge in [0.05, 0.1) is 18.8 Å². The molecule has 0 aliphatic carbocycles. The zero-order valence-electron chi connectivity index (χ0n) is 18.4. The fraction of sp³-hybridized carbons (Fsp3) is 0.720. The van der Waals surface area contributed by atoms with Crippen molar-refractivity contribution in [3.05, 3.63) is 35.9 Å². The van der Waals surface area contributed by atoms with E-state index in [1.807, 2.05) is 25.1 Å². The van der Waals surface area contributed by atoms with Crippen LogP contribution < -0.4 is 0 Å². The average molecular weight is 407 g/mol. The van der Waals surface area contributed by atoms with E-state index in [0.29, 0.717) is 13.0 Å². The van der Waals surface area contributed by atoms with Crippen LogP contribution in [0.5, 0.6) is 0 Å². The molecule has 0 amide bonds. The summed E-state index contributed by atoms with van der Waals surface area (Å²) < 4.78 is 6.21. The predicted molar refractivity (Wildman–Crippen MR) is 119 cm³/mol. The van der Waals surface area contributed by atoms with Crippen LogP contribution in [0.2, 0.25) is 0 Å². The van der Waals surface area contributed by atoms with Gasteiger partial charge in [-0.25, -0.2) is 0 Å². The molecule has 0 bridgehead atoms. The Morgan fingerprint density at radius 2 is 1.45 bits per heavy atom. The highest BCUT2D eigenvalue weighted by molar-refractivity contribution is 5.66. The lowest BCUT2D eigenvalue weighted by Crippen LogP contribution is -2.14. The normalized spacial score (nSPS) is 13.3. The molecule has 0 heterocycles. The number of carboxylic acids is 1. The first-order valence-electron chi connectivity index (χ1n) is 11.7. The molecule has 4 nitrogen and oxygen atoms in total. The summed E-state index contributed by atoms with van der Waals surface area (Å²) in [6.07, 6.45) is 14.3. The average Bonchev–Trinajstić information content (AvgIpc) is 2.73. The van der Waals surface area contributed by atoms with Crippen molar-refractivity contribution in [2.45, 2.75) is 116 Å². The standard InChI is InChI=1S/C25H42O4/c1-2-23(26)17-14-19-24(29-21-22-15-10-9-11-16-22)18-12-7-5-3-4-6-8-13-20-25(27)28/h9-11,15-16,23-24,26H,2-8,12-14,17-21H2,1H3,(H,27,28). The number of carboxylic acid groups (broad SMARTS) is 1. The molecule has 0 saturated carbocycles. The molecule has 0 aliphatic rings. The van der Waals surface area contributed by atoms with E-state index < -0.39 is 5.97 Å². The number of benzene rings is 1. The molecule has 0 spiro atoms. The number of aliphatic hydroxyl groups excluding tert-OH is 1. The summed E-state index contributed by atoms with van der Waals surface area (Å²) in [5.41, 5.74) is 1.22. The third-order valence-corrected chi connectivity index (χ3v) is 5.53. The van der Waals surface area contributed by atoms with Gasteiger partial charge < -0.3 is 14.9 Å². The largest absolute Gasteiger partial charge is 0.481 e. The molecule has 0 radical (unpaired) electrons. The van der Waals surface area contributed by atoms with Crippen molar-refractivity contribution in [2.75, 3.05) is 0 Å². The van der Waals surface area contributed by atoms with Gasteiger partial charge >= 0.3 is 5.97 Å². The van der Waals surface area contributed by atoms with Crippen molar-refractivity contribution in [3.8, 4) is 0 Å². The molecule has 1 aromatic rings. The Bertz CT molecular complexity index is 503. The second-order valence-electron chi connectivity index (χ2n) is 8.17. The van der Waals surface area contributed by atoms with Gasteiger partial charge in [-0.15, -0.1) is 0 Å². The van der Waals surface area contributed by atoms with Crippen molar-refractivity contribution < 1.29 is 19.7 Å². The minimum absolute atomic E-state index is 0.180. The Balaban J connectivity index is 2.16. The van der Waals surface area contributed by atoms with Gasteiger partial charge in [0, 0.05) is 6.42 Å². The third-order valence-electron chi connectivity index (χ3n) is 5.53. The highest BCUT2D eigenvalue weighted by Crippen LogP contribution is 2.18. The van der Waals surface area contributed by atoms with Crippen LogP contribution in [0.4, 0.5) is 0 Å². The molecule has 4 heteroatoms. The fourth-order valence-corrected chi connectivity index (χ4v) is 3.59. The highest BCUT2D eigenvalue weighted by atomic mass is 16.5. The Labute approximate surface area is 177 Å². The van der Waals surface area contributed by atoms with E-state index in [2.05, 4.69) is 12.1 Å². The minimum Gasteiger partial charge on any atom is -0.481 e. The number of hydrogen-bond donors (Lipinski definition) is 2. The van der Waals surface area contributed by atoms with Crippen LogP contribution in [0, 0.1) is 0 Å². The zero-order chi connectivity index (χ0) is 21.2. The van der Waals surface area contributed by atoms with Gasteiger partial charge in [0.1, 0.15) is 0 Å². The van der Waals surface area contributed by atoms with Crippen LogP contribution in [-0.4, -0.2) is 28.4 Å².